The molecule has 1 aliphatic carbocycles. The van der Waals surface area contributed by atoms with E-state index >= 15 is 0 Å². The van der Waals surface area contributed by atoms with Crippen LogP contribution >= 0.6 is 0 Å². The molecule has 0 radical (unpaired) electrons. The van der Waals surface area contributed by atoms with E-state index in [1.165, 1.54) is 18.4 Å². The second kappa shape index (κ2) is 4.14. The normalized spacial score (nSPS) is 15.1. The summed E-state index contributed by atoms with van der Waals surface area (Å²) in [6.07, 6.45) is 2.81. The lowest BCUT2D eigenvalue weighted by atomic mass is 10.1. The van der Waals surface area contributed by atoms with Crippen molar-refractivity contribution in [2.75, 3.05) is 7.11 Å². The van der Waals surface area contributed by atoms with Gasteiger partial charge < -0.3 is 5.11 Å². The lowest BCUT2D eigenvalue weighted by Crippen LogP contribution is -1.73. The summed E-state index contributed by atoms with van der Waals surface area (Å²) in [4.78, 5) is 0. The minimum atomic E-state index is 0.909. The standard InChI is InChI=1S/C9H10.CH4O/c1-2-4-8(5-3-1)9-6-7-9;1-2/h1-5,9H,6-7H2;2H,1H3. The average molecular weight is 150 g/mol. The molecule has 0 bridgehead atoms. The SMILES string of the molecule is CO.c1ccc(C2CC2)cc1. The van der Waals surface area contributed by atoms with E-state index in [-0.39, 0.29) is 0 Å². The summed E-state index contributed by atoms with van der Waals surface area (Å²) in [5, 5.41) is 7.00. The van der Waals surface area contributed by atoms with Crippen molar-refractivity contribution >= 4 is 0 Å². The smallest absolute Gasteiger partial charge is 0.0319 e. The highest BCUT2D eigenvalue weighted by atomic mass is 16.2. The molecule has 0 heterocycles. The first-order valence-electron chi connectivity index (χ1n) is 3.96. The lowest BCUT2D eigenvalue weighted by molar-refractivity contribution is 0.399. The number of hydrogen-bond acceptors (Lipinski definition) is 1. The molecule has 0 amide bonds. The van der Waals surface area contributed by atoms with Crippen LogP contribution in [0.3, 0.4) is 0 Å². The summed E-state index contributed by atoms with van der Waals surface area (Å²) < 4.78 is 0. The molecule has 1 aromatic rings. The molecule has 0 saturated heterocycles. The summed E-state index contributed by atoms with van der Waals surface area (Å²) in [7, 11) is 1.00. The monoisotopic (exact) mass is 150 g/mol. The maximum absolute atomic E-state index is 7.00. The van der Waals surface area contributed by atoms with E-state index in [1.807, 2.05) is 0 Å². The molecule has 0 atom stereocenters. The first-order chi connectivity index (χ1) is 5.47. The van der Waals surface area contributed by atoms with E-state index in [4.69, 9.17) is 5.11 Å². The molecule has 1 heteroatoms. The summed E-state index contributed by atoms with van der Waals surface area (Å²) in [6.45, 7) is 0. The van der Waals surface area contributed by atoms with Gasteiger partial charge in [-0.05, 0) is 24.3 Å². The molecule has 1 fully saturated rings. The van der Waals surface area contributed by atoms with Gasteiger partial charge in [-0.3, -0.25) is 0 Å². The molecular weight excluding hydrogens is 136 g/mol. The van der Waals surface area contributed by atoms with Crippen molar-refractivity contribution in [3.8, 4) is 0 Å². The zero-order valence-electron chi connectivity index (χ0n) is 6.83. The fraction of sp³-hybridized carbons (Fsp3) is 0.400. The molecule has 1 nitrogen and oxygen atoms in total. The minimum absolute atomic E-state index is 0.909. The summed E-state index contributed by atoms with van der Waals surface area (Å²) in [5.41, 5.74) is 1.53. The number of aliphatic hydroxyl groups is 1. The Bertz CT molecular complexity index is 189. The van der Waals surface area contributed by atoms with Gasteiger partial charge in [-0.15, -0.1) is 0 Å². The molecule has 1 saturated carbocycles. The summed E-state index contributed by atoms with van der Waals surface area (Å²) >= 11 is 0. The number of hydrogen-bond donors (Lipinski definition) is 1. The van der Waals surface area contributed by atoms with E-state index in [9.17, 15) is 0 Å². The Hall–Kier alpha value is -0.820. The zero-order chi connectivity index (χ0) is 8.10. The van der Waals surface area contributed by atoms with Crippen molar-refractivity contribution in [1.29, 1.82) is 0 Å². The molecule has 2 rings (SSSR count). The number of benzene rings is 1. The molecule has 0 aromatic heterocycles. The van der Waals surface area contributed by atoms with E-state index in [0.29, 0.717) is 0 Å². The topological polar surface area (TPSA) is 20.2 Å². The largest absolute Gasteiger partial charge is 0.400 e. The van der Waals surface area contributed by atoms with Gasteiger partial charge in [0.2, 0.25) is 0 Å². The Morgan fingerprint density at radius 2 is 1.64 bits per heavy atom. The number of rotatable bonds is 1. The van der Waals surface area contributed by atoms with Crippen LogP contribution in [-0.2, 0) is 0 Å². The van der Waals surface area contributed by atoms with Gasteiger partial charge in [-0.1, -0.05) is 30.3 Å². The maximum atomic E-state index is 7.00. The van der Waals surface area contributed by atoms with Crippen LogP contribution in [0.2, 0.25) is 0 Å². The molecule has 1 N–H and O–H groups in total. The fourth-order valence-electron chi connectivity index (χ4n) is 1.14. The lowest BCUT2D eigenvalue weighted by Gasteiger charge is -1.92. The second-order valence-electron chi connectivity index (χ2n) is 2.68. The van der Waals surface area contributed by atoms with Gasteiger partial charge in [-0.2, -0.15) is 0 Å². The van der Waals surface area contributed by atoms with Crippen molar-refractivity contribution in [2.24, 2.45) is 0 Å². The second-order valence-corrected chi connectivity index (χ2v) is 2.68. The van der Waals surface area contributed by atoms with E-state index < -0.39 is 0 Å². The molecule has 11 heavy (non-hydrogen) atoms. The Morgan fingerprint density at radius 1 is 1.09 bits per heavy atom. The van der Waals surface area contributed by atoms with E-state index in [2.05, 4.69) is 30.3 Å². The highest BCUT2D eigenvalue weighted by Gasteiger charge is 2.22. The molecule has 1 aromatic carbocycles. The molecule has 0 aliphatic heterocycles. The van der Waals surface area contributed by atoms with Crippen LogP contribution in [0, 0.1) is 0 Å². The highest BCUT2D eigenvalue weighted by molar-refractivity contribution is 5.22. The predicted molar refractivity (Wildman–Crippen MR) is 46.6 cm³/mol. The average Bonchev–Trinajstić information content (AvgIpc) is 2.92. The van der Waals surface area contributed by atoms with Gasteiger partial charge in [0, 0.05) is 7.11 Å². The van der Waals surface area contributed by atoms with Gasteiger partial charge in [0.05, 0.1) is 0 Å². The van der Waals surface area contributed by atoms with Crippen molar-refractivity contribution in [3.05, 3.63) is 35.9 Å². The van der Waals surface area contributed by atoms with Crippen LogP contribution in [0.4, 0.5) is 0 Å². The third kappa shape index (κ3) is 2.35. The van der Waals surface area contributed by atoms with Crippen LogP contribution in [-0.4, -0.2) is 12.2 Å². The summed E-state index contributed by atoms with van der Waals surface area (Å²) in [5.74, 6) is 0.909. The van der Waals surface area contributed by atoms with Crippen LogP contribution in [0.25, 0.3) is 0 Å². The van der Waals surface area contributed by atoms with Gasteiger partial charge in [-0.25, -0.2) is 0 Å². The third-order valence-corrected chi connectivity index (χ3v) is 1.85. The van der Waals surface area contributed by atoms with Crippen LogP contribution in [0.5, 0.6) is 0 Å². The minimum Gasteiger partial charge on any atom is -0.400 e. The predicted octanol–water partition coefficient (Wildman–Crippen LogP) is 2.17. The molecule has 0 spiro atoms. The van der Waals surface area contributed by atoms with Gasteiger partial charge in [0.25, 0.3) is 0 Å². The molecule has 0 unspecified atom stereocenters. The first kappa shape index (κ1) is 8.28. The molecule has 1 aliphatic rings. The van der Waals surface area contributed by atoms with Gasteiger partial charge >= 0.3 is 0 Å². The van der Waals surface area contributed by atoms with Gasteiger partial charge in [0.1, 0.15) is 0 Å². The van der Waals surface area contributed by atoms with E-state index in [1.54, 1.807) is 0 Å². The Morgan fingerprint density at radius 3 is 2.09 bits per heavy atom. The molecular formula is C10H14O. The summed E-state index contributed by atoms with van der Waals surface area (Å²) in [6, 6.07) is 10.8. The fourth-order valence-corrected chi connectivity index (χ4v) is 1.14. The van der Waals surface area contributed by atoms with Crippen molar-refractivity contribution in [3.63, 3.8) is 0 Å². The van der Waals surface area contributed by atoms with Crippen LogP contribution < -0.4 is 0 Å². The van der Waals surface area contributed by atoms with Crippen molar-refractivity contribution < 1.29 is 5.11 Å². The zero-order valence-corrected chi connectivity index (χ0v) is 6.83. The Balaban J connectivity index is 0.000000281. The van der Waals surface area contributed by atoms with Gasteiger partial charge in [0.15, 0.2) is 0 Å². The van der Waals surface area contributed by atoms with Crippen LogP contribution in [0.1, 0.15) is 24.3 Å². The highest BCUT2D eigenvalue weighted by Crippen LogP contribution is 2.39. The van der Waals surface area contributed by atoms with Crippen molar-refractivity contribution in [1.82, 2.24) is 0 Å². The first-order valence-corrected chi connectivity index (χ1v) is 3.96. The number of aliphatic hydroxyl groups excluding tert-OH is 1. The Labute approximate surface area is 67.7 Å². The van der Waals surface area contributed by atoms with E-state index in [0.717, 1.165) is 13.0 Å². The molecule has 60 valence electrons. The maximum Gasteiger partial charge on any atom is 0.0319 e. The van der Waals surface area contributed by atoms with Crippen LogP contribution in [0.15, 0.2) is 30.3 Å². The quantitative estimate of drug-likeness (QED) is 0.650. The Kier molecular flexibility index (Phi) is 3.12. The van der Waals surface area contributed by atoms with Crippen molar-refractivity contribution in [2.45, 2.75) is 18.8 Å². The third-order valence-electron chi connectivity index (χ3n) is 1.85.